The van der Waals surface area contributed by atoms with Crippen molar-refractivity contribution in [1.29, 1.82) is 0 Å². The first-order chi connectivity index (χ1) is 7.36. The number of hydrogen-bond acceptors (Lipinski definition) is 4. The van der Waals surface area contributed by atoms with Crippen LogP contribution in [0.5, 0.6) is 0 Å². The van der Waals surface area contributed by atoms with Gasteiger partial charge < -0.3 is 10.4 Å². The number of carbonyl (C=O) groups is 1. The molecular formula is C8H7F3N2O2S. The van der Waals surface area contributed by atoms with Crippen LogP contribution < -0.4 is 5.32 Å². The van der Waals surface area contributed by atoms with Gasteiger partial charge >= 0.3 is 12.1 Å². The monoisotopic (exact) mass is 252 g/mol. The average Bonchev–Trinajstić information content (AvgIpc) is 2.58. The molecule has 0 aliphatic heterocycles. The van der Waals surface area contributed by atoms with Gasteiger partial charge in [0.15, 0.2) is 10.8 Å². The largest absolute Gasteiger partial charge is 0.477 e. The van der Waals surface area contributed by atoms with E-state index in [1.54, 1.807) is 0 Å². The zero-order chi connectivity index (χ0) is 12.3. The molecule has 0 saturated carbocycles. The van der Waals surface area contributed by atoms with E-state index in [4.69, 9.17) is 5.11 Å². The molecule has 1 aromatic rings. The Bertz CT molecular complexity index is 414. The minimum absolute atomic E-state index is 0.0929. The number of anilines is 1. The highest BCUT2D eigenvalue weighted by atomic mass is 32.1. The van der Waals surface area contributed by atoms with Crippen LogP contribution in [0.2, 0.25) is 0 Å². The molecule has 0 aliphatic carbocycles. The lowest BCUT2D eigenvalue weighted by Crippen LogP contribution is -2.11. The van der Waals surface area contributed by atoms with Crippen LogP contribution in [0.15, 0.2) is 12.7 Å². The van der Waals surface area contributed by atoms with E-state index in [-0.39, 0.29) is 11.7 Å². The quantitative estimate of drug-likeness (QED) is 0.808. The maximum Gasteiger partial charge on any atom is 0.435 e. The van der Waals surface area contributed by atoms with Gasteiger partial charge in [-0.1, -0.05) is 17.4 Å². The van der Waals surface area contributed by atoms with Gasteiger partial charge in [-0.3, -0.25) is 0 Å². The van der Waals surface area contributed by atoms with Crippen molar-refractivity contribution in [3.8, 4) is 0 Å². The smallest absolute Gasteiger partial charge is 0.435 e. The summed E-state index contributed by atoms with van der Waals surface area (Å²) in [7, 11) is 0. The van der Waals surface area contributed by atoms with E-state index in [0.717, 1.165) is 0 Å². The lowest BCUT2D eigenvalue weighted by molar-refractivity contribution is -0.141. The molecule has 0 atom stereocenters. The third kappa shape index (κ3) is 2.72. The van der Waals surface area contributed by atoms with Crippen molar-refractivity contribution >= 4 is 22.4 Å². The Morgan fingerprint density at radius 2 is 2.25 bits per heavy atom. The maximum absolute atomic E-state index is 12.4. The summed E-state index contributed by atoms with van der Waals surface area (Å²) in [4.78, 5) is 13.0. The molecule has 1 aromatic heterocycles. The highest BCUT2D eigenvalue weighted by Crippen LogP contribution is 2.35. The molecule has 1 rings (SSSR count). The van der Waals surface area contributed by atoms with Gasteiger partial charge in [0.1, 0.15) is 4.88 Å². The summed E-state index contributed by atoms with van der Waals surface area (Å²) in [5.41, 5.74) is -1.38. The van der Waals surface area contributed by atoms with Crippen molar-refractivity contribution in [1.82, 2.24) is 4.98 Å². The number of aromatic nitrogens is 1. The molecule has 88 valence electrons. The third-order valence-electron chi connectivity index (χ3n) is 1.49. The Morgan fingerprint density at radius 1 is 1.62 bits per heavy atom. The Balaban J connectivity index is 3.10. The first kappa shape index (κ1) is 12.5. The molecule has 0 unspecified atom stereocenters. The molecule has 1 heterocycles. The summed E-state index contributed by atoms with van der Waals surface area (Å²) >= 11 is 0.445. The van der Waals surface area contributed by atoms with E-state index in [0.29, 0.717) is 11.3 Å². The van der Waals surface area contributed by atoms with Crippen LogP contribution in [0, 0.1) is 0 Å². The van der Waals surface area contributed by atoms with E-state index >= 15 is 0 Å². The van der Waals surface area contributed by atoms with Crippen molar-refractivity contribution in [3.63, 3.8) is 0 Å². The van der Waals surface area contributed by atoms with Gasteiger partial charge in [-0.15, -0.1) is 6.58 Å². The van der Waals surface area contributed by atoms with Gasteiger partial charge in [0.05, 0.1) is 0 Å². The first-order valence-corrected chi connectivity index (χ1v) is 4.84. The van der Waals surface area contributed by atoms with Crippen molar-refractivity contribution in [2.45, 2.75) is 6.18 Å². The number of halogens is 3. The SMILES string of the molecule is C=CCNc1nc(C(F)(F)F)c(C(=O)O)s1. The maximum atomic E-state index is 12.4. The molecule has 0 spiro atoms. The lowest BCUT2D eigenvalue weighted by atomic mass is 10.3. The zero-order valence-electron chi connectivity index (χ0n) is 7.84. The van der Waals surface area contributed by atoms with Gasteiger partial charge in [0, 0.05) is 6.54 Å². The highest BCUT2D eigenvalue weighted by molar-refractivity contribution is 7.17. The minimum Gasteiger partial charge on any atom is -0.477 e. The molecule has 4 nitrogen and oxygen atoms in total. The molecule has 2 N–H and O–H groups in total. The van der Waals surface area contributed by atoms with E-state index in [1.165, 1.54) is 6.08 Å². The number of hydrogen-bond donors (Lipinski definition) is 2. The molecular weight excluding hydrogens is 245 g/mol. The van der Waals surface area contributed by atoms with Crippen LogP contribution in [0.25, 0.3) is 0 Å². The molecule has 0 fully saturated rings. The molecule has 0 bridgehead atoms. The van der Waals surface area contributed by atoms with Gasteiger partial charge in [0.25, 0.3) is 0 Å². The van der Waals surface area contributed by atoms with Crippen LogP contribution in [0.3, 0.4) is 0 Å². The second-order valence-corrected chi connectivity index (χ2v) is 3.67. The lowest BCUT2D eigenvalue weighted by Gasteiger charge is -2.02. The number of rotatable bonds is 4. The standard InChI is InChI=1S/C8H7F3N2O2S/c1-2-3-12-7-13-5(8(9,10)11)4(16-7)6(14)15/h2H,1,3H2,(H,12,13)(H,14,15). The van der Waals surface area contributed by atoms with E-state index in [2.05, 4.69) is 16.9 Å². The van der Waals surface area contributed by atoms with E-state index < -0.39 is 22.7 Å². The van der Waals surface area contributed by atoms with Crippen LogP contribution in [0.1, 0.15) is 15.4 Å². The molecule has 8 heteroatoms. The number of thiazole rings is 1. The number of carboxylic acid groups (broad SMARTS) is 1. The summed E-state index contributed by atoms with van der Waals surface area (Å²) in [5.74, 6) is -1.64. The van der Waals surface area contributed by atoms with Crippen LogP contribution in [0.4, 0.5) is 18.3 Å². The minimum atomic E-state index is -4.77. The fourth-order valence-electron chi connectivity index (χ4n) is 0.892. The predicted molar refractivity (Wildman–Crippen MR) is 52.8 cm³/mol. The Hall–Kier alpha value is -1.57. The summed E-state index contributed by atoms with van der Waals surface area (Å²) in [6.45, 7) is 3.58. The molecule has 0 amide bonds. The Kier molecular flexibility index (Phi) is 3.53. The van der Waals surface area contributed by atoms with Gasteiger partial charge in [-0.05, 0) is 0 Å². The highest BCUT2D eigenvalue weighted by Gasteiger charge is 2.39. The number of alkyl halides is 3. The third-order valence-corrected chi connectivity index (χ3v) is 2.49. The van der Waals surface area contributed by atoms with E-state index in [1.807, 2.05) is 0 Å². The molecule has 16 heavy (non-hydrogen) atoms. The molecule has 0 saturated heterocycles. The van der Waals surface area contributed by atoms with Crippen LogP contribution in [-0.4, -0.2) is 22.6 Å². The summed E-state index contributed by atoms with van der Waals surface area (Å²) in [6, 6.07) is 0. The van der Waals surface area contributed by atoms with Crippen molar-refractivity contribution < 1.29 is 23.1 Å². The molecule has 0 radical (unpaired) electrons. The predicted octanol–water partition coefficient (Wildman–Crippen LogP) is 2.46. The Morgan fingerprint density at radius 3 is 2.62 bits per heavy atom. The number of nitrogens with one attached hydrogen (secondary N) is 1. The molecule has 0 aliphatic rings. The summed E-state index contributed by atoms with van der Waals surface area (Å²) < 4.78 is 37.1. The van der Waals surface area contributed by atoms with Gasteiger partial charge in [-0.2, -0.15) is 13.2 Å². The Labute approximate surface area is 92.4 Å². The summed E-state index contributed by atoms with van der Waals surface area (Å²) in [6.07, 6.45) is -3.34. The van der Waals surface area contributed by atoms with E-state index in [9.17, 15) is 18.0 Å². The van der Waals surface area contributed by atoms with Crippen molar-refractivity contribution in [2.75, 3.05) is 11.9 Å². The number of nitrogens with zero attached hydrogens (tertiary/aromatic N) is 1. The van der Waals surface area contributed by atoms with Crippen LogP contribution >= 0.6 is 11.3 Å². The molecule has 0 aromatic carbocycles. The number of aromatic carboxylic acids is 1. The summed E-state index contributed by atoms with van der Waals surface area (Å²) in [5, 5.41) is 11.0. The second-order valence-electron chi connectivity index (χ2n) is 2.67. The van der Waals surface area contributed by atoms with Crippen molar-refractivity contribution in [2.24, 2.45) is 0 Å². The van der Waals surface area contributed by atoms with Gasteiger partial charge in [0.2, 0.25) is 0 Å². The normalized spacial score (nSPS) is 11.2. The average molecular weight is 252 g/mol. The second kappa shape index (κ2) is 4.52. The first-order valence-electron chi connectivity index (χ1n) is 4.02. The van der Waals surface area contributed by atoms with Crippen molar-refractivity contribution in [3.05, 3.63) is 23.2 Å². The van der Waals surface area contributed by atoms with Crippen LogP contribution in [-0.2, 0) is 6.18 Å². The number of carboxylic acids is 1. The fourth-order valence-corrected chi connectivity index (χ4v) is 1.72. The zero-order valence-corrected chi connectivity index (χ0v) is 8.65. The fraction of sp³-hybridized carbons (Fsp3) is 0.250. The van der Waals surface area contributed by atoms with Gasteiger partial charge in [-0.25, -0.2) is 9.78 Å². The topological polar surface area (TPSA) is 62.2 Å².